The van der Waals surface area contributed by atoms with Crippen LogP contribution in [-0.4, -0.2) is 23.8 Å². The molecule has 3 nitrogen and oxygen atoms in total. The molecule has 2 rings (SSSR count). The first-order valence-electron chi connectivity index (χ1n) is 7.41. The molecule has 1 aliphatic heterocycles. The van der Waals surface area contributed by atoms with Gasteiger partial charge in [0.05, 0.1) is 11.7 Å². The number of carbonyl (C=O) groups excluding carboxylic acids is 1. The standard InChI is InChI=1S/C18H21IO3/c1-17(2)21-16(18(3,22-17)10-6-12-20)13-15-8-5-4-7-14(15)9-11-19/h4-5,7-8,12,16H,6,10,13H2,1-3H3/t16-,18+/m1/s1. The monoisotopic (exact) mass is 412 g/mol. The molecule has 0 aliphatic carbocycles. The number of hydrogen-bond donors (Lipinski definition) is 0. The number of rotatable bonds is 5. The lowest BCUT2D eigenvalue weighted by Crippen LogP contribution is -2.38. The van der Waals surface area contributed by atoms with Gasteiger partial charge in [0.2, 0.25) is 0 Å². The molecular formula is C18H21IO3. The molecule has 2 atom stereocenters. The van der Waals surface area contributed by atoms with E-state index in [2.05, 4.69) is 15.9 Å². The topological polar surface area (TPSA) is 35.5 Å². The predicted octanol–water partition coefficient (Wildman–Crippen LogP) is 3.86. The molecule has 118 valence electrons. The number of aldehydes is 1. The predicted molar refractivity (Wildman–Crippen MR) is 94.8 cm³/mol. The SMILES string of the molecule is CC1(C)O[C@H](Cc2ccccc2C#CI)[C@](C)(CCC=O)O1. The van der Waals surface area contributed by atoms with Crippen LogP contribution in [0.1, 0.15) is 44.7 Å². The molecule has 1 aromatic rings. The van der Waals surface area contributed by atoms with Gasteiger partial charge in [-0.1, -0.05) is 24.1 Å². The molecular weight excluding hydrogens is 391 g/mol. The van der Waals surface area contributed by atoms with Gasteiger partial charge in [-0.25, -0.2) is 0 Å². The Bertz CT molecular complexity index is 600. The normalized spacial score (nSPS) is 26.3. The Balaban J connectivity index is 2.25. The second kappa shape index (κ2) is 7.12. The van der Waals surface area contributed by atoms with Crippen molar-refractivity contribution in [3.05, 3.63) is 35.4 Å². The van der Waals surface area contributed by atoms with E-state index in [4.69, 9.17) is 9.47 Å². The molecule has 0 N–H and O–H groups in total. The third-order valence-electron chi connectivity index (χ3n) is 3.95. The van der Waals surface area contributed by atoms with Crippen molar-refractivity contribution in [2.75, 3.05) is 0 Å². The lowest BCUT2D eigenvalue weighted by Gasteiger charge is -2.28. The fourth-order valence-electron chi connectivity index (χ4n) is 3.00. The quantitative estimate of drug-likeness (QED) is 0.419. The highest BCUT2D eigenvalue weighted by Crippen LogP contribution is 2.40. The van der Waals surface area contributed by atoms with Crippen LogP contribution in [0.4, 0.5) is 0 Å². The van der Waals surface area contributed by atoms with Gasteiger partial charge in [0.25, 0.3) is 0 Å². The molecule has 1 fully saturated rings. The van der Waals surface area contributed by atoms with Gasteiger partial charge < -0.3 is 14.3 Å². The minimum Gasteiger partial charge on any atom is -0.344 e. The number of hydrogen-bond acceptors (Lipinski definition) is 3. The lowest BCUT2D eigenvalue weighted by atomic mass is 9.88. The Morgan fingerprint density at radius 3 is 2.73 bits per heavy atom. The van der Waals surface area contributed by atoms with Crippen molar-refractivity contribution in [3.8, 4) is 9.85 Å². The summed E-state index contributed by atoms with van der Waals surface area (Å²) in [7, 11) is 0. The van der Waals surface area contributed by atoms with Crippen LogP contribution >= 0.6 is 22.6 Å². The van der Waals surface area contributed by atoms with Crippen molar-refractivity contribution < 1.29 is 14.3 Å². The van der Waals surface area contributed by atoms with E-state index in [0.29, 0.717) is 12.8 Å². The Kier molecular flexibility index (Phi) is 5.65. The maximum atomic E-state index is 10.8. The summed E-state index contributed by atoms with van der Waals surface area (Å²) < 4.78 is 15.1. The van der Waals surface area contributed by atoms with Crippen LogP contribution in [0.25, 0.3) is 0 Å². The summed E-state index contributed by atoms with van der Waals surface area (Å²) in [5.74, 6) is 2.49. The maximum Gasteiger partial charge on any atom is 0.164 e. The summed E-state index contributed by atoms with van der Waals surface area (Å²) in [4.78, 5) is 10.8. The van der Waals surface area contributed by atoms with E-state index in [0.717, 1.165) is 23.8 Å². The minimum atomic E-state index is -0.633. The summed E-state index contributed by atoms with van der Waals surface area (Å²) in [6, 6.07) is 8.09. The molecule has 4 heteroatoms. The van der Waals surface area contributed by atoms with Crippen molar-refractivity contribution in [1.82, 2.24) is 0 Å². The van der Waals surface area contributed by atoms with Gasteiger partial charge in [0, 0.05) is 41.0 Å². The summed E-state index contributed by atoms with van der Waals surface area (Å²) in [5.41, 5.74) is 1.70. The minimum absolute atomic E-state index is 0.0976. The van der Waals surface area contributed by atoms with E-state index < -0.39 is 11.4 Å². The highest BCUT2D eigenvalue weighted by atomic mass is 127. The highest BCUT2D eigenvalue weighted by Gasteiger charge is 2.49. The van der Waals surface area contributed by atoms with Crippen molar-refractivity contribution in [3.63, 3.8) is 0 Å². The maximum absolute atomic E-state index is 10.8. The molecule has 0 unspecified atom stereocenters. The summed E-state index contributed by atoms with van der Waals surface area (Å²) in [6.07, 6.45) is 2.69. The Labute approximate surface area is 145 Å². The lowest BCUT2D eigenvalue weighted by molar-refractivity contribution is -0.161. The molecule has 0 saturated carbocycles. The molecule has 0 aromatic heterocycles. The van der Waals surface area contributed by atoms with E-state index in [1.54, 1.807) is 0 Å². The van der Waals surface area contributed by atoms with Gasteiger partial charge in [0.15, 0.2) is 5.79 Å². The summed E-state index contributed by atoms with van der Waals surface area (Å²) in [6.45, 7) is 5.87. The van der Waals surface area contributed by atoms with Crippen LogP contribution in [0, 0.1) is 9.85 Å². The van der Waals surface area contributed by atoms with E-state index in [-0.39, 0.29) is 6.10 Å². The first-order chi connectivity index (χ1) is 10.4. The van der Waals surface area contributed by atoms with Crippen molar-refractivity contribution in [1.29, 1.82) is 0 Å². The highest BCUT2D eigenvalue weighted by molar-refractivity contribution is 14.1. The molecule has 1 aliphatic rings. The molecule has 22 heavy (non-hydrogen) atoms. The fraction of sp³-hybridized carbons (Fsp3) is 0.500. The van der Waals surface area contributed by atoms with Gasteiger partial charge in [0.1, 0.15) is 6.29 Å². The number of carbonyl (C=O) groups is 1. The van der Waals surface area contributed by atoms with E-state index in [9.17, 15) is 4.79 Å². The largest absolute Gasteiger partial charge is 0.344 e. The van der Waals surface area contributed by atoms with E-state index in [1.807, 2.05) is 61.6 Å². The summed E-state index contributed by atoms with van der Waals surface area (Å²) in [5, 5.41) is 0. The number of ether oxygens (including phenoxy) is 2. The molecule has 0 amide bonds. The average Bonchev–Trinajstić information content (AvgIpc) is 2.69. The third kappa shape index (κ3) is 4.09. The van der Waals surface area contributed by atoms with Crippen LogP contribution in [0.2, 0.25) is 0 Å². The van der Waals surface area contributed by atoms with Crippen LogP contribution in [0.5, 0.6) is 0 Å². The smallest absolute Gasteiger partial charge is 0.164 e. The van der Waals surface area contributed by atoms with Crippen LogP contribution in [0.15, 0.2) is 24.3 Å². The summed E-state index contributed by atoms with van der Waals surface area (Å²) >= 11 is 2.05. The Morgan fingerprint density at radius 1 is 1.32 bits per heavy atom. The van der Waals surface area contributed by atoms with E-state index >= 15 is 0 Å². The molecule has 1 aromatic carbocycles. The Hall–Kier alpha value is -0.900. The number of benzene rings is 1. The molecule has 0 bridgehead atoms. The van der Waals surface area contributed by atoms with E-state index in [1.165, 1.54) is 0 Å². The molecule has 1 heterocycles. The molecule has 0 radical (unpaired) electrons. The van der Waals surface area contributed by atoms with Gasteiger partial charge in [-0.3, -0.25) is 0 Å². The van der Waals surface area contributed by atoms with Crippen LogP contribution in [-0.2, 0) is 20.7 Å². The second-order valence-corrected chi connectivity index (χ2v) is 6.75. The van der Waals surface area contributed by atoms with Gasteiger partial charge >= 0.3 is 0 Å². The average molecular weight is 412 g/mol. The van der Waals surface area contributed by atoms with Gasteiger partial charge in [-0.05, 0) is 42.7 Å². The molecule has 1 saturated heterocycles. The van der Waals surface area contributed by atoms with Crippen molar-refractivity contribution in [2.24, 2.45) is 0 Å². The number of halogens is 1. The van der Waals surface area contributed by atoms with Crippen LogP contribution < -0.4 is 0 Å². The Morgan fingerprint density at radius 2 is 2.05 bits per heavy atom. The van der Waals surface area contributed by atoms with Gasteiger partial charge in [-0.2, -0.15) is 0 Å². The first-order valence-corrected chi connectivity index (χ1v) is 8.49. The second-order valence-electron chi connectivity index (χ2n) is 6.21. The zero-order valence-corrected chi connectivity index (χ0v) is 15.3. The zero-order valence-electron chi connectivity index (χ0n) is 13.2. The van der Waals surface area contributed by atoms with Crippen LogP contribution in [0.3, 0.4) is 0 Å². The molecule has 0 spiro atoms. The van der Waals surface area contributed by atoms with Crippen molar-refractivity contribution >= 4 is 28.9 Å². The first kappa shape index (κ1) is 17.5. The van der Waals surface area contributed by atoms with Gasteiger partial charge in [-0.15, -0.1) is 0 Å². The van der Waals surface area contributed by atoms with Crippen molar-refractivity contribution in [2.45, 2.75) is 57.5 Å². The third-order valence-corrected chi connectivity index (χ3v) is 4.22. The fourth-order valence-corrected chi connectivity index (χ4v) is 3.30. The zero-order chi connectivity index (χ0) is 16.2.